The van der Waals surface area contributed by atoms with Crippen LogP contribution in [0, 0.1) is 5.92 Å². The normalized spacial score (nSPS) is 24.4. The third kappa shape index (κ3) is 4.91. The number of hydrogen-bond acceptors (Lipinski definition) is 2. The first-order valence-corrected chi connectivity index (χ1v) is 10.3. The summed E-state index contributed by atoms with van der Waals surface area (Å²) >= 11 is 3.53. The van der Waals surface area contributed by atoms with Crippen molar-refractivity contribution in [3.05, 3.63) is 0 Å². The molecule has 84 valence electrons. The van der Waals surface area contributed by atoms with Gasteiger partial charge >= 0.3 is 0 Å². The van der Waals surface area contributed by atoms with Crippen LogP contribution in [0.1, 0.15) is 6.42 Å². The number of rotatable bonds is 5. The Morgan fingerprint density at radius 1 is 1.43 bits per heavy atom. The lowest BCUT2D eigenvalue weighted by Gasteiger charge is -2.19. The molecular weight excluding hydrogens is 258 g/mol. The van der Waals surface area contributed by atoms with Crippen LogP contribution < -0.4 is 0 Å². The van der Waals surface area contributed by atoms with Crippen LogP contribution in [0.4, 0.5) is 0 Å². The van der Waals surface area contributed by atoms with Crippen molar-refractivity contribution in [1.29, 1.82) is 0 Å². The maximum atomic E-state index is 5.76. The van der Waals surface area contributed by atoms with Crippen molar-refractivity contribution in [3.63, 3.8) is 0 Å². The van der Waals surface area contributed by atoms with Crippen molar-refractivity contribution in [2.45, 2.75) is 32.1 Å². The molecular formula is C10H22BrNOSi. The number of hydrogen-bond donors (Lipinski definition) is 0. The van der Waals surface area contributed by atoms with Gasteiger partial charge in [0.05, 0.1) is 6.61 Å². The summed E-state index contributed by atoms with van der Waals surface area (Å²) in [6.07, 6.45) is 1.28. The van der Waals surface area contributed by atoms with Crippen molar-refractivity contribution < 1.29 is 4.84 Å². The summed E-state index contributed by atoms with van der Waals surface area (Å²) in [6, 6.07) is 1.27. The van der Waals surface area contributed by atoms with E-state index < -0.39 is 8.07 Å². The Labute approximate surface area is 97.1 Å². The molecule has 0 amide bonds. The van der Waals surface area contributed by atoms with E-state index in [1.807, 2.05) is 0 Å². The Kier molecular flexibility index (Phi) is 5.10. The van der Waals surface area contributed by atoms with Crippen LogP contribution in [0.3, 0.4) is 0 Å². The molecule has 0 spiro atoms. The molecule has 1 rings (SSSR count). The molecule has 0 aromatic rings. The van der Waals surface area contributed by atoms with Gasteiger partial charge in [0, 0.05) is 26.5 Å². The molecule has 0 aromatic carbocycles. The molecule has 1 aliphatic rings. The van der Waals surface area contributed by atoms with Crippen molar-refractivity contribution in [2.75, 3.05) is 25.0 Å². The first-order chi connectivity index (χ1) is 6.51. The molecule has 14 heavy (non-hydrogen) atoms. The second kappa shape index (κ2) is 5.63. The summed E-state index contributed by atoms with van der Waals surface area (Å²) in [4.78, 5) is 5.76. The first kappa shape index (κ1) is 12.7. The highest BCUT2D eigenvalue weighted by Gasteiger charge is 2.22. The average molecular weight is 280 g/mol. The SMILES string of the molecule is C[Si](C)(C)CCON1CCC(CBr)C1. The quantitative estimate of drug-likeness (QED) is 0.567. The van der Waals surface area contributed by atoms with E-state index in [0.717, 1.165) is 30.9 Å². The fraction of sp³-hybridized carbons (Fsp3) is 1.00. The van der Waals surface area contributed by atoms with Gasteiger partial charge in [0.15, 0.2) is 0 Å². The van der Waals surface area contributed by atoms with E-state index in [1.54, 1.807) is 0 Å². The summed E-state index contributed by atoms with van der Waals surface area (Å²) in [7, 11) is -0.915. The summed E-state index contributed by atoms with van der Waals surface area (Å²) in [5.41, 5.74) is 0. The van der Waals surface area contributed by atoms with E-state index in [4.69, 9.17) is 4.84 Å². The van der Waals surface area contributed by atoms with Gasteiger partial charge < -0.3 is 0 Å². The highest BCUT2D eigenvalue weighted by molar-refractivity contribution is 9.09. The highest BCUT2D eigenvalue weighted by atomic mass is 79.9. The van der Waals surface area contributed by atoms with E-state index >= 15 is 0 Å². The molecule has 1 unspecified atom stereocenters. The van der Waals surface area contributed by atoms with Crippen LogP contribution in [0.2, 0.25) is 25.7 Å². The fourth-order valence-electron chi connectivity index (χ4n) is 1.52. The van der Waals surface area contributed by atoms with Crippen LogP contribution in [-0.2, 0) is 4.84 Å². The minimum Gasteiger partial charge on any atom is -0.299 e. The highest BCUT2D eigenvalue weighted by Crippen LogP contribution is 2.19. The molecule has 1 saturated heterocycles. The standard InChI is InChI=1S/C10H22BrNOSi/c1-14(2,3)7-6-13-12-5-4-10(8-11)9-12/h10H,4-9H2,1-3H3. The monoisotopic (exact) mass is 279 g/mol. The van der Waals surface area contributed by atoms with E-state index in [1.165, 1.54) is 12.5 Å². The Morgan fingerprint density at radius 2 is 2.14 bits per heavy atom. The molecule has 1 fully saturated rings. The number of hydroxylamine groups is 2. The molecule has 0 aromatic heterocycles. The topological polar surface area (TPSA) is 12.5 Å². The zero-order chi connectivity index (χ0) is 10.6. The second-order valence-corrected chi connectivity index (χ2v) is 11.6. The van der Waals surface area contributed by atoms with Crippen LogP contribution in [0.15, 0.2) is 0 Å². The van der Waals surface area contributed by atoms with Crippen molar-refractivity contribution in [2.24, 2.45) is 5.92 Å². The Morgan fingerprint density at radius 3 is 2.64 bits per heavy atom. The van der Waals surface area contributed by atoms with Gasteiger partial charge in [-0.1, -0.05) is 35.6 Å². The summed E-state index contributed by atoms with van der Waals surface area (Å²) in [5.74, 6) is 0.793. The molecule has 0 bridgehead atoms. The van der Waals surface area contributed by atoms with Crippen LogP contribution in [0.5, 0.6) is 0 Å². The van der Waals surface area contributed by atoms with Crippen molar-refractivity contribution in [3.8, 4) is 0 Å². The van der Waals surface area contributed by atoms with Gasteiger partial charge in [0.2, 0.25) is 0 Å². The lowest BCUT2D eigenvalue weighted by Crippen LogP contribution is -2.27. The second-order valence-electron chi connectivity index (χ2n) is 5.34. The summed E-state index contributed by atoms with van der Waals surface area (Å²) in [5, 5.41) is 3.26. The molecule has 1 aliphatic heterocycles. The van der Waals surface area contributed by atoms with Gasteiger partial charge in [-0.15, -0.1) is 0 Å². The molecule has 0 radical (unpaired) electrons. The zero-order valence-electron chi connectivity index (χ0n) is 9.55. The van der Waals surface area contributed by atoms with Crippen molar-refractivity contribution in [1.82, 2.24) is 5.06 Å². The zero-order valence-corrected chi connectivity index (χ0v) is 12.1. The van der Waals surface area contributed by atoms with Gasteiger partial charge in [-0.25, -0.2) is 0 Å². The lowest BCUT2D eigenvalue weighted by atomic mass is 10.2. The lowest BCUT2D eigenvalue weighted by molar-refractivity contribution is -0.139. The minimum absolute atomic E-state index is 0.793. The smallest absolute Gasteiger partial charge is 0.0661 e. The molecule has 0 N–H and O–H groups in total. The van der Waals surface area contributed by atoms with Crippen LogP contribution >= 0.6 is 15.9 Å². The largest absolute Gasteiger partial charge is 0.299 e. The third-order valence-electron chi connectivity index (χ3n) is 2.59. The summed E-state index contributed by atoms with van der Waals surface area (Å²) in [6.45, 7) is 10.3. The maximum Gasteiger partial charge on any atom is 0.0661 e. The molecule has 0 aliphatic carbocycles. The molecule has 1 atom stereocenters. The predicted octanol–water partition coefficient (Wildman–Crippen LogP) is 2.97. The Bertz CT molecular complexity index is 172. The maximum absolute atomic E-state index is 5.76. The third-order valence-corrected chi connectivity index (χ3v) is 5.21. The molecule has 1 heterocycles. The van der Waals surface area contributed by atoms with Crippen LogP contribution in [-0.4, -0.2) is 38.2 Å². The Balaban J connectivity index is 2.09. The van der Waals surface area contributed by atoms with E-state index in [0.29, 0.717) is 0 Å². The Hall–Kier alpha value is 0.617. The van der Waals surface area contributed by atoms with E-state index in [2.05, 4.69) is 40.6 Å². The van der Waals surface area contributed by atoms with Crippen LogP contribution in [0.25, 0.3) is 0 Å². The number of halogens is 1. The van der Waals surface area contributed by atoms with Gasteiger partial charge in [0.25, 0.3) is 0 Å². The van der Waals surface area contributed by atoms with Gasteiger partial charge in [-0.05, 0) is 18.4 Å². The van der Waals surface area contributed by atoms with E-state index in [-0.39, 0.29) is 0 Å². The molecule has 4 heteroatoms. The summed E-state index contributed by atoms with van der Waals surface area (Å²) < 4.78 is 0. The predicted molar refractivity (Wildman–Crippen MR) is 67.6 cm³/mol. The molecule has 2 nitrogen and oxygen atoms in total. The van der Waals surface area contributed by atoms with Crippen molar-refractivity contribution >= 4 is 24.0 Å². The fourth-order valence-corrected chi connectivity index (χ4v) is 2.75. The van der Waals surface area contributed by atoms with E-state index in [9.17, 15) is 0 Å². The first-order valence-electron chi connectivity index (χ1n) is 5.45. The number of nitrogens with zero attached hydrogens (tertiary/aromatic N) is 1. The number of alkyl halides is 1. The van der Waals surface area contributed by atoms with Gasteiger partial charge in [0.1, 0.15) is 0 Å². The minimum atomic E-state index is -0.915. The molecule has 0 saturated carbocycles. The van der Waals surface area contributed by atoms with Gasteiger partial charge in [-0.2, -0.15) is 5.06 Å². The average Bonchev–Trinajstić information content (AvgIpc) is 2.50. The van der Waals surface area contributed by atoms with Gasteiger partial charge in [-0.3, -0.25) is 4.84 Å².